The van der Waals surface area contributed by atoms with Crippen molar-refractivity contribution in [2.75, 3.05) is 41.7 Å². The fourth-order valence-corrected chi connectivity index (χ4v) is 3.12. The minimum atomic E-state index is -0.392. The van der Waals surface area contributed by atoms with Gasteiger partial charge in [0.25, 0.3) is 5.69 Å². The van der Waals surface area contributed by atoms with Gasteiger partial charge in [-0.15, -0.1) is 0 Å². The molecule has 1 aliphatic rings. The lowest BCUT2D eigenvalue weighted by Gasteiger charge is -2.35. The molecule has 0 spiro atoms. The maximum Gasteiger partial charge on any atom is 0.321 e. The van der Waals surface area contributed by atoms with E-state index in [4.69, 9.17) is 0 Å². The predicted octanol–water partition coefficient (Wildman–Crippen LogP) is 2.91. The predicted molar refractivity (Wildman–Crippen MR) is 107 cm³/mol. The number of carbonyl (C=O) groups is 2. The van der Waals surface area contributed by atoms with Crippen molar-refractivity contribution < 1.29 is 14.5 Å². The molecule has 1 saturated heterocycles. The molecular weight excluding hydrogens is 362 g/mol. The number of nitro groups is 1. The van der Waals surface area contributed by atoms with Gasteiger partial charge in [0, 0.05) is 50.5 Å². The molecule has 1 heterocycles. The summed E-state index contributed by atoms with van der Waals surface area (Å²) in [6.07, 6.45) is 0. The van der Waals surface area contributed by atoms with Gasteiger partial charge in [-0.2, -0.15) is 0 Å². The smallest absolute Gasteiger partial charge is 0.321 e. The number of carbonyl (C=O) groups excluding carboxylic acids is 2. The SMILES string of the molecule is CC(=O)Nc1cccc(NC(=O)N2CCN(c3ccccc3[N+](=O)[O-])CC2)c1. The Morgan fingerprint density at radius 3 is 2.25 bits per heavy atom. The molecule has 2 aromatic rings. The molecule has 1 fully saturated rings. The summed E-state index contributed by atoms with van der Waals surface area (Å²) in [6.45, 7) is 3.32. The Bertz CT molecular complexity index is 893. The Kier molecular flexibility index (Phi) is 5.73. The highest BCUT2D eigenvalue weighted by atomic mass is 16.6. The third-order valence-corrected chi connectivity index (χ3v) is 4.42. The van der Waals surface area contributed by atoms with Gasteiger partial charge in [-0.1, -0.05) is 18.2 Å². The van der Waals surface area contributed by atoms with E-state index in [9.17, 15) is 19.7 Å². The van der Waals surface area contributed by atoms with E-state index >= 15 is 0 Å². The Morgan fingerprint density at radius 1 is 0.964 bits per heavy atom. The van der Waals surface area contributed by atoms with Crippen molar-refractivity contribution in [1.29, 1.82) is 0 Å². The molecular formula is C19H21N5O4. The fourth-order valence-electron chi connectivity index (χ4n) is 3.12. The monoisotopic (exact) mass is 383 g/mol. The molecule has 28 heavy (non-hydrogen) atoms. The van der Waals surface area contributed by atoms with Gasteiger partial charge in [0.05, 0.1) is 4.92 Å². The molecule has 3 rings (SSSR count). The Morgan fingerprint density at radius 2 is 1.61 bits per heavy atom. The Labute approximate surface area is 162 Å². The van der Waals surface area contributed by atoms with Gasteiger partial charge < -0.3 is 20.4 Å². The van der Waals surface area contributed by atoms with Crippen molar-refractivity contribution in [2.45, 2.75) is 6.92 Å². The molecule has 0 aromatic heterocycles. The maximum atomic E-state index is 12.5. The van der Waals surface area contributed by atoms with E-state index in [0.717, 1.165) is 0 Å². The summed E-state index contributed by atoms with van der Waals surface area (Å²) in [6, 6.07) is 13.3. The van der Waals surface area contributed by atoms with Gasteiger partial charge >= 0.3 is 6.03 Å². The van der Waals surface area contributed by atoms with Crippen molar-refractivity contribution in [3.05, 3.63) is 58.6 Å². The average Bonchev–Trinajstić information content (AvgIpc) is 2.68. The number of anilines is 3. The zero-order valence-corrected chi connectivity index (χ0v) is 15.4. The Balaban J connectivity index is 1.60. The highest BCUT2D eigenvalue weighted by Crippen LogP contribution is 2.28. The van der Waals surface area contributed by atoms with E-state index in [1.165, 1.54) is 13.0 Å². The van der Waals surface area contributed by atoms with Crippen LogP contribution < -0.4 is 15.5 Å². The third kappa shape index (κ3) is 4.56. The molecule has 0 radical (unpaired) electrons. The van der Waals surface area contributed by atoms with Crippen LogP contribution in [-0.2, 0) is 4.79 Å². The molecule has 1 aliphatic heterocycles. The lowest BCUT2D eigenvalue weighted by atomic mass is 10.2. The van der Waals surface area contributed by atoms with Crippen LogP contribution in [0.3, 0.4) is 0 Å². The van der Waals surface area contributed by atoms with Crippen LogP contribution in [0.25, 0.3) is 0 Å². The standard InChI is InChI=1S/C19H21N5O4/c1-14(25)20-15-5-4-6-16(13-15)21-19(26)23-11-9-22(10-12-23)17-7-2-3-8-18(17)24(27)28/h2-8,13H,9-12H2,1H3,(H,20,25)(H,21,26). The van der Waals surface area contributed by atoms with Gasteiger partial charge in [-0.25, -0.2) is 4.79 Å². The summed E-state index contributed by atoms with van der Waals surface area (Å²) in [7, 11) is 0. The highest BCUT2D eigenvalue weighted by molar-refractivity contribution is 5.92. The topological polar surface area (TPSA) is 108 Å². The van der Waals surface area contributed by atoms with Crippen LogP contribution >= 0.6 is 0 Å². The minimum Gasteiger partial charge on any atom is -0.362 e. The number of nitrogens with one attached hydrogen (secondary N) is 2. The van der Waals surface area contributed by atoms with Crippen molar-refractivity contribution in [1.82, 2.24) is 4.90 Å². The van der Waals surface area contributed by atoms with Gasteiger partial charge in [0.15, 0.2) is 0 Å². The minimum absolute atomic E-state index is 0.0650. The van der Waals surface area contributed by atoms with Gasteiger partial charge in [-0.3, -0.25) is 14.9 Å². The van der Waals surface area contributed by atoms with Crippen LogP contribution in [0.1, 0.15) is 6.92 Å². The van der Waals surface area contributed by atoms with Crippen LogP contribution in [0.2, 0.25) is 0 Å². The first-order valence-electron chi connectivity index (χ1n) is 8.86. The summed E-state index contributed by atoms with van der Waals surface area (Å²) in [5, 5.41) is 16.7. The van der Waals surface area contributed by atoms with Gasteiger partial charge in [0.2, 0.25) is 5.91 Å². The maximum absolute atomic E-state index is 12.5. The summed E-state index contributed by atoms with van der Waals surface area (Å²) < 4.78 is 0. The number of para-hydroxylation sites is 2. The number of rotatable bonds is 4. The molecule has 9 heteroatoms. The molecule has 2 N–H and O–H groups in total. The number of piperazine rings is 1. The molecule has 9 nitrogen and oxygen atoms in total. The highest BCUT2D eigenvalue weighted by Gasteiger charge is 2.25. The van der Waals surface area contributed by atoms with Crippen molar-refractivity contribution in [3.8, 4) is 0 Å². The van der Waals surface area contributed by atoms with Crippen LogP contribution in [-0.4, -0.2) is 47.9 Å². The van der Waals surface area contributed by atoms with E-state index in [2.05, 4.69) is 10.6 Å². The first-order chi connectivity index (χ1) is 13.4. The van der Waals surface area contributed by atoms with E-state index < -0.39 is 4.92 Å². The molecule has 3 amide bonds. The van der Waals surface area contributed by atoms with Crippen molar-refractivity contribution in [3.63, 3.8) is 0 Å². The lowest BCUT2D eigenvalue weighted by molar-refractivity contribution is -0.384. The number of benzene rings is 2. The average molecular weight is 383 g/mol. The first-order valence-corrected chi connectivity index (χ1v) is 8.86. The second-order valence-electron chi connectivity index (χ2n) is 6.41. The molecule has 0 atom stereocenters. The first kappa shape index (κ1) is 19.2. The number of hydrogen-bond donors (Lipinski definition) is 2. The zero-order valence-electron chi connectivity index (χ0n) is 15.4. The van der Waals surface area contributed by atoms with Gasteiger partial charge in [0.1, 0.15) is 5.69 Å². The summed E-state index contributed by atoms with van der Waals surface area (Å²) in [5.74, 6) is -0.186. The van der Waals surface area contributed by atoms with E-state index in [1.54, 1.807) is 47.4 Å². The van der Waals surface area contributed by atoms with E-state index in [0.29, 0.717) is 43.2 Å². The number of urea groups is 1. The van der Waals surface area contributed by atoms with Crippen LogP contribution in [0.15, 0.2) is 48.5 Å². The number of nitrogens with zero attached hydrogens (tertiary/aromatic N) is 3. The van der Waals surface area contributed by atoms with Crippen LogP contribution in [0.5, 0.6) is 0 Å². The fraction of sp³-hybridized carbons (Fsp3) is 0.263. The van der Waals surface area contributed by atoms with Crippen molar-refractivity contribution >= 4 is 34.7 Å². The zero-order chi connectivity index (χ0) is 20.1. The largest absolute Gasteiger partial charge is 0.362 e. The summed E-state index contributed by atoms with van der Waals surface area (Å²) in [4.78, 5) is 38.1. The summed E-state index contributed by atoms with van der Waals surface area (Å²) in [5.41, 5.74) is 1.81. The quantitative estimate of drug-likeness (QED) is 0.623. The Hall–Kier alpha value is -3.62. The van der Waals surface area contributed by atoms with Crippen LogP contribution in [0.4, 0.5) is 27.5 Å². The number of hydrogen-bond acceptors (Lipinski definition) is 5. The molecule has 0 saturated carbocycles. The second kappa shape index (κ2) is 8.38. The summed E-state index contributed by atoms with van der Waals surface area (Å²) >= 11 is 0. The lowest BCUT2D eigenvalue weighted by Crippen LogP contribution is -2.50. The van der Waals surface area contributed by atoms with Crippen molar-refractivity contribution in [2.24, 2.45) is 0 Å². The van der Waals surface area contributed by atoms with E-state index in [-0.39, 0.29) is 17.6 Å². The van der Waals surface area contributed by atoms with Crippen LogP contribution in [0, 0.1) is 10.1 Å². The van der Waals surface area contributed by atoms with E-state index in [1.807, 2.05) is 4.90 Å². The molecule has 0 unspecified atom stereocenters. The molecule has 0 bridgehead atoms. The second-order valence-corrected chi connectivity index (χ2v) is 6.41. The molecule has 0 aliphatic carbocycles. The normalized spacial score (nSPS) is 13.8. The van der Waals surface area contributed by atoms with Gasteiger partial charge in [-0.05, 0) is 24.3 Å². The molecule has 146 valence electrons. The number of nitro benzene ring substituents is 1. The number of amides is 3. The molecule has 2 aromatic carbocycles. The third-order valence-electron chi connectivity index (χ3n) is 4.42.